The molecular formula is C11H20N2O3S. The lowest BCUT2D eigenvalue weighted by Crippen LogP contribution is -2.35. The van der Waals surface area contributed by atoms with Gasteiger partial charge in [-0.1, -0.05) is 11.8 Å². The molecule has 1 saturated heterocycles. The Morgan fingerprint density at radius 2 is 2.41 bits per heavy atom. The van der Waals surface area contributed by atoms with Gasteiger partial charge in [-0.15, -0.1) is 0 Å². The van der Waals surface area contributed by atoms with Crippen LogP contribution < -0.4 is 5.32 Å². The van der Waals surface area contributed by atoms with E-state index in [0.717, 1.165) is 18.7 Å². The van der Waals surface area contributed by atoms with Gasteiger partial charge in [-0.2, -0.15) is 0 Å². The summed E-state index contributed by atoms with van der Waals surface area (Å²) < 4.78 is 0. The maximum absolute atomic E-state index is 11.6. The van der Waals surface area contributed by atoms with Crippen molar-refractivity contribution in [2.75, 3.05) is 25.4 Å². The average Bonchev–Trinajstić information content (AvgIpc) is 2.69. The van der Waals surface area contributed by atoms with Crippen LogP contribution in [-0.4, -0.2) is 52.6 Å². The Kier molecular flexibility index (Phi) is 6.36. The van der Waals surface area contributed by atoms with Crippen LogP contribution in [0.2, 0.25) is 0 Å². The second-order valence-corrected chi connectivity index (χ2v) is 5.23. The van der Waals surface area contributed by atoms with Crippen LogP contribution >= 0.6 is 11.8 Å². The third kappa shape index (κ3) is 5.41. The Hall–Kier alpha value is -0.750. The summed E-state index contributed by atoms with van der Waals surface area (Å²) in [5, 5.41) is 11.6. The first kappa shape index (κ1) is 14.3. The smallest absolute Gasteiger partial charge is 0.281 e. The highest BCUT2D eigenvalue weighted by Gasteiger charge is 2.21. The Morgan fingerprint density at radius 1 is 1.65 bits per heavy atom. The van der Waals surface area contributed by atoms with Gasteiger partial charge in [0.05, 0.1) is 0 Å². The van der Waals surface area contributed by atoms with Gasteiger partial charge in [0.15, 0.2) is 0 Å². The van der Waals surface area contributed by atoms with Crippen molar-refractivity contribution in [3.05, 3.63) is 0 Å². The fourth-order valence-electron chi connectivity index (χ4n) is 1.68. The normalized spacial score (nSPS) is 17.3. The molecule has 17 heavy (non-hydrogen) atoms. The van der Waals surface area contributed by atoms with E-state index in [1.165, 1.54) is 11.8 Å². The van der Waals surface area contributed by atoms with Crippen molar-refractivity contribution in [1.82, 2.24) is 10.2 Å². The summed E-state index contributed by atoms with van der Waals surface area (Å²) in [5.41, 5.74) is 0. The first-order chi connectivity index (χ1) is 8.13. The molecule has 2 amide bonds. The lowest BCUT2D eigenvalue weighted by Gasteiger charge is -2.16. The molecule has 0 spiro atoms. The van der Waals surface area contributed by atoms with Crippen molar-refractivity contribution in [1.29, 1.82) is 0 Å². The van der Waals surface area contributed by atoms with Crippen molar-refractivity contribution in [3.63, 3.8) is 0 Å². The molecule has 0 aliphatic carbocycles. The number of hydrogen-bond acceptors (Lipinski definition) is 4. The third-order valence-electron chi connectivity index (χ3n) is 2.66. The molecule has 1 heterocycles. The minimum Gasteiger partial charge on any atom is -0.396 e. The number of rotatable bonds is 7. The fraction of sp³-hybridized carbons (Fsp3) is 0.818. The van der Waals surface area contributed by atoms with Gasteiger partial charge in [-0.05, 0) is 19.8 Å². The summed E-state index contributed by atoms with van der Waals surface area (Å²) in [6, 6.07) is 0.0818. The van der Waals surface area contributed by atoms with E-state index >= 15 is 0 Å². The first-order valence-corrected chi connectivity index (χ1v) is 6.94. The summed E-state index contributed by atoms with van der Waals surface area (Å²) in [7, 11) is 0. The molecule has 1 atom stereocenters. The Labute approximate surface area is 106 Å². The highest BCUT2D eigenvalue weighted by atomic mass is 32.2. The summed E-state index contributed by atoms with van der Waals surface area (Å²) in [6.45, 7) is 3.32. The highest BCUT2D eigenvalue weighted by molar-refractivity contribution is 8.13. The van der Waals surface area contributed by atoms with Gasteiger partial charge in [0.2, 0.25) is 5.91 Å². The summed E-state index contributed by atoms with van der Waals surface area (Å²) in [5.74, 6) is 0.799. The largest absolute Gasteiger partial charge is 0.396 e. The predicted octanol–water partition coefficient (Wildman–Crippen LogP) is 0.823. The van der Waals surface area contributed by atoms with Crippen LogP contribution in [0.5, 0.6) is 0 Å². The fourth-order valence-corrected chi connectivity index (χ4v) is 2.53. The Morgan fingerprint density at radius 3 is 3.00 bits per heavy atom. The minimum absolute atomic E-state index is 0.0276. The lowest BCUT2D eigenvalue weighted by molar-refractivity contribution is -0.121. The maximum Gasteiger partial charge on any atom is 0.281 e. The molecule has 98 valence electrons. The number of aliphatic hydroxyl groups excluding tert-OH is 1. The topological polar surface area (TPSA) is 69.6 Å². The van der Waals surface area contributed by atoms with Crippen LogP contribution in [0.3, 0.4) is 0 Å². The van der Waals surface area contributed by atoms with Crippen LogP contribution in [0.4, 0.5) is 4.79 Å². The maximum atomic E-state index is 11.6. The molecular weight excluding hydrogens is 240 g/mol. The molecule has 1 aliphatic rings. The molecule has 0 bridgehead atoms. The number of carbonyl (C=O) groups excluding carboxylic acids is 2. The van der Waals surface area contributed by atoms with Gasteiger partial charge >= 0.3 is 0 Å². The van der Waals surface area contributed by atoms with Crippen molar-refractivity contribution in [3.8, 4) is 0 Å². The van der Waals surface area contributed by atoms with Crippen molar-refractivity contribution in [2.24, 2.45) is 0 Å². The number of nitrogens with zero attached hydrogens (tertiary/aromatic N) is 1. The van der Waals surface area contributed by atoms with Crippen molar-refractivity contribution < 1.29 is 14.7 Å². The molecule has 0 aromatic rings. The van der Waals surface area contributed by atoms with Gasteiger partial charge in [0, 0.05) is 37.9 Å². The third-order valence-corrected chi connectivity index (χ3v) is 3.55. The number of thioether (sulfide) groups is 1. The molecule has 1 unspecified atom stereocenters. The van der Waals surface area contributed by atoms with Crippen LogP contribution in [0, 0.1) is 0 Å². The molecule has 0 radical (unpaired) electrons. The molecule has 5 nitrogen and oxygen atoms in total. The van der Waals surface area contributed by atoms with Crippen LogP contribution in [0.25, 0.3) is 0 Å². The average molecular weight is 260 g/mol. The Bertz CT molecular complexity index is 273. The number of aliphatic hydroxyl groups is 1. The number of carbonyl (C=O) groups is 2. The van der Waals surface area contributed by atoms with E-state index < -0.39 is 0 Å². The van der Waals surface area contributed by atoms with Crippen LogP contribution in [0.15, 0.2) is 0 Å². The molecule has 2 N–H and O–H groups in total. The molecule has 1 fully saturated rings. The van der Waals surface area contributed by atoms with E-state index in [9.17, 15) is 9.59 Å². The molecule has 1 rings (SSSR count). The number of hydrogen-bond donors (Lipinski definition) is 2. The molecule has 0 aromatic carbocycles. The lowest BCUT2D eigenvalue weighted by atomic mass is 10.2. The van der Waals surface area contributed by atoms with Gasteiger partial charge in [0.1, 0.15) is 0 Å². The monoisotopic (exact) mass is 260 g/mol. The van der Waals surface area contributed by atoms with E-state index in [2.05, 4.69) is 5.32 Å². The van der Waals surface area contributed by atoms with E-state index in [4.69, 9.17) is 5.11 Å². The van der Waals surface area contributed by atoms with E-state index in [1.54, 1.807) is 4.90 Å². The highest BCUT2D eigenvalue weighted by Crippen LogP contribution is 2.16. The first-order valence-electron chi connectivity index (χ1n) is 5.95. The zero-order chi connectivity index (χ0) is 12.7. The van der Waals surface area contributed by atoms with Crippen LogP contribution in [0.1, 0.15) is 26.2 Å². The zero-order valence-corrected chi connectivity index (χ0v) is 11.0. The number of nitrogens with one attached hydrogen (secondary N) is 1. The van der Waals surface area contributed by atoms with Gasteiger partial charge in [-0.25, -0.2) is 0 Å². The summed E-state index contributed by atoms with van der Waals surface area (Å²) in [4.78, 5) is 24.6. The van der Waals surface area contributed by atoms with E-state index in [0.29, 0.717) is 19.4 Å². The number of amides is 2. The zero-order valence-electron chi connectivity index (χ0n) is 10.1. The quantitative estimate of drug-likeness (QED) is 0.711. The second kappa shape index (κ2) is 7.55. The SMILES string of the molecule is CC(CCCO)NC(=O)CCN1CCSC1=O. The summed E-state index contributed by atoms with van der Waals surface area (Å²) in [6.07, 6.45) is 1.83. The van der Waals surface area contributed by atoms with Crippen molar-refractivity contribution in [2.45, 2.75) is 32.2 Å². The van der Waals surface area contributed by atoms with Crippen LogP contribution in [-0.2, 0) is 4.79 Å². The van der Waals surface area contributed by atoms with Gasteiger partial charge in [0.25, 0.3) is 5.24 Å². The van der Waals surface area contributed by atoms with E-state index in [1.807, 2.05) is 6.92 Å². The van der Waals surface area contributed by atoms with Crippen molar-refractivity contribution >= 4 is 22.9 Å². The summed E-state index contributed by atoms with van der Waals surface area (Å²) >= 11 is 1.31. The Balaban J connectivity index is 2.14. The predicted molar refractivity (Wildman–Crippen MR) is 68.0 cm³/mol. The second-order valence-electron chi connectivity index (χ2n) is 4.19. The molecule has 0 aromatic heterocycles. The molecule has 6 heteroatoms. The standard InChI is InChI=1S/C11H20N2O3S/c1-9(3-2-7-14)12-10(15)4-5-13-6-8-17-11(13)16/h9,14H,2-8H2,1H3,(H,12,15). The van der Waals surface area contributed by atoms with Gasteiger partial charge in [-0.3, -0.25) is 9.59 Å². The van der Waals surface area contributed by atoms with Gasteiger partial charge < -0.3 is 15.3 Å². The molecule has 0 saturated carbocycles. The van der Waals surface area contributed by atoms with E-state index in [-0.39, 0.29) is 23.8 Å². The minimum atomic E-state index is -0.0276. The molecule has 1 aliphatic heterocycles.